The van der Waals surface area contributed by atoms with Gasteiger partial charge in [0.2, 0.25) is 0 Å². The van der Waals surface area contributed by atoms with Gasteiger partial charge in [0.05, 0.1) is 22.2 Å². The van der Waals surface area contributed by atoms with Crippen LogP contribution in [0.2, 0.25) is 0 Å². The van der Waals surface area contributed by atoms with Gasteiger partial charge >= 0.3 is 0 Å². The molecule has 5 aromatic carbocycles. The van der Waals surface area contributed by atoms with Crippen LogP contribution in [0.15, 0.2) is 164 Å². The maximum absolute atomic E-state index is 5.09. The molecule has 0 amide bonds. The lowest BCUT2D eigenvalue weighted by atomic mass is 9.34. The van der Waals surface area contributed by atoms with Crippen LogP contribution < -0.4 is 16.4 Å². The molecule has 1 aliphatic carbocycles. The standard InChI is InChI=1S/C51H33BN6/c1-30-22-24-33(25-23-30)56-49-37(17-11-27-54-49)45-36-16-10-19-39-48(36)58(51(45)56)43-29-31(40-20-7-8-26-53-40)28-42-46(43)52(39)38-18-9-15-35-44-34-14-5-6-21-41(34)55(32-12-3-2-4-13-32)50(44)57(42)47(35)38/h2-22,24-30H,23H2,1H3. The Hall–Kier alpha value is -7.38. The molecule has 0 bridgehead atoms. The summed E-state index contributed by atoms with van der Waals surface area (Å²) in [5, 5.41) is 7.49. The van der Waals surface area contributed by atoms with Gasteiger partial charge < -0.3 is 0 Å². The van der Waals surface area contributed by atoms with E-state index in [4.69, 9.17) is 9.97 Å². The summed E-state index contributed by atoms with van der Waals surface area (Å²) in [5.74, 6) is 0.495. The van der Waals surface area contributed by atoms with Gasteiger partial charge in [-0.3, -0.25) is 23.3 Å². The summed E-state index contributed by atoms with van der Waals surface area (Å²) < 4.78 is 10.1. The molecule has 6 nitrogen and oxygen atoms in total. The van der Waals surface area contributed by atoms with Crippen molar-refractivity contribution in [1.29, 1.82) is 0 Å². The summed E-state index contributed by atoms with van der Waals surface area (Å²) in [6.07, 6.45) is 11.9. The van der Waals surface area contributed by atoms with E-state index in [0.29, 0.717) is 5.92 Å². The number of para-hydroxylation sites is 4. The zero-order valence-corrected chi connectivity index (χ0v) is 31.6. The summed E-state index contributed by atoms with van der Waals surface area (Å²) in [6, 6.07) is 49.1. The van der Waals surface area contributed by atoms with Crippen molar-refractivity contribution in [3.63, 3.8) is 0 Å². The maximum Gasteiger partial charge on any atom is 0.252 e. The zero-order chi connectivity index (χ0) is 37.8. The molecule has 11 aromatic rings. The predicted molar refractivity (Wildman–Crippen MR) is 240 cm³/mol. The molecule has 1 unspecified atom stereocenters. The van der Waals surface area contributed by atoms with E-state index >= 15 is 0 Å². The van der Waals surface area contributed by atoms with Crippen LogP contribution in [-0.2, 0) is 0 Å². The number of pyridine rings is 2. The summed E-state index contributed by atoms with van der Waals surface area (Å²) in [7, 11) is 0. The molecule has 0 saturated heterocycles. The number of rotatable bonds is 3. The summed E-state index contributed by atoms with van der Waals surface area (Å²) >= 11 is 0. The number of fused-ring (bicyclic) bond motifs is 14. The first-order chi connectivity index (χ1) is 28.7. The van der Waals surface area contributed by atoms with Crippen LogP contribution >= 0.6 is 0 Å². The van der Waals surface area contributed by atoms with Crippen molar-refractivity contribution in [2.75, 3.05) is 0 Å². The molecule has 0 radical (unpaired) electrons. The van der Waals surface area contributed by atoms with E-state index in [-0.39, 0.29) is 6.71 Å². The minimum Gasteiger partial charge on any atom is -0.296 e. The second-order valence-electron chi connectivity index (χ2n) is 16.2. The van der Waals surface area contributed by atoms with E-state index in [0.717, 1.165) is 34.7 Å². The highest BCUT2D eigenvalue weighted by molar-refractivity contribution is 7.00. The molecule has 0 fully saturated rings. The molecule has 1 atom stereocenters. The Balaban J connectivity index is 1.22. The second kappa shape index (κ2) is 10.9. The Bertz CT molecular complexity index is 3670. The number of allylic oxidation sites excluding steroid dienone is 4. The number of aromatic nitrogens is 6. The average molecular weight is 741 g/mol. The lowest BCUT2D eigenvalue weighted by Crippen LogP contribution is -2.59. The minimum absolute atomic E-state index is 0.0251. The highest BCUT2D eigenvalue weighted by atomic mass is 15.2. The fourth-order valence-corrected chi connectivity index (χ4v) is 10.9. The Kier molecular flexibility index (Phi) is 5.80. The van der Waals surface area contributed by atoms with Crippen LogP contribution in [0, 0.1) is 5.92 Å². The SMILES string of the molecule is CC1C=CC(n2c3ncccc3c3c4cccc5c4n(c32)-c2cc(-c3ccccn3)cc3c2B5c2cccc4c5c6ccccc6n(-c6ccccc6)c5n-3c24)=CC1. The van der Waals surface area contributed by atoms with Gasteiger partial charge in [0.1, 0.15) is 16.9 Å². The second-order valence-corrected chi connectivity index (χ2v) is 16.2. The van der Waals surface area contributed by atoms with Crippen LogP contribution in [0.25, 0.3) is 99.8 Å². The molecule has 14 rings (SSSR count). The number of nitrogens with zero attached hydrogens (tertiary/aromatic N) is 6. The van der Waals surface area contributed by atoms with Gasteiger partial charge in [-0.1, -0.05) is 97.9 Å². The van der Waals surface area contributed by atoms with E-state index in [1.165, 1.54) is 88.0 Å². The molecular formula is C51H33BN6. The lowest BCUT2D eigenvalue weighted by molar-refractivity contribution is 0.735. The molecule has 8 heterocycles. The molecule has 7 heteroatoms. The van der Waals surface area contributed by atoms with Gasteiger partial charge in [-0.15, -0.1) is 0 Å². The van der Waals surface area contributed by atoms with Crippen LogP contribution in [0.4, 0.5) is 0 Å². The molecule has 6 aromatic heterocycles. The first kappa shape index (κ1) is 30.8. The van der Waals surface area contributed by atoms with Crippen molar-refractivity contribution in [3.05, 3.63) is 164 Å². The van der Waals surface area contributed by atoms with Crippen molar-refractivity contribution in [2.45, 2.75) is 13.3 Å². The molecule has 0 saturated carbocycles. The molecule has 58 heavy (non-hydrogen) atoms. The summed E-state index contributed by atoms with van der Waals surface area (Å²) in [4.78, 5) is 10.1. The molecule has 2 aliphatic heterocycles. The fourth-order valence-electron chi connectivity index (χ4n) is 10.9. The molecular weight excluding hydrogens is 707 g/mol. The third-order valence-electron chi connectivity index (χ3n) is 13.2. The number of hydrogen-bond acceptors (Lipinski definition) is 2. The van der Waals surface area contributed by atoms with Crippen molar-refractivity contribution in [2.24, 2.45) is 5.92 Å². The quantitative estimate of drug-likeness (QED) is 0.170. The predicted octanol–water partition coefficient (Wildman–Crippen LogP) is 9.82. The van der Waals surface area contributed by atoms with Gasteiger partial charge in [0, 0.05) is 73.0 Å². The topological polar surface area (TPSA) is 45.5 Å². The van der Waals surface area contributed by atoms with E-state index in [1.54, 1.807) is 0 Å². The summed E-state index contributed by atoms with van der Waals surface area (Å²) in [5.41, 5.74) is 17.8. The smallest absolute Gasteiger partial charge is 0.252 e. The number of hydrogen-bond donors (Lipinski definition) is 0. The Labute approximate surface area is 333 Å². The molecule has 3 aliphatic rings. The van der Waals surface area contributed by atoms with Gasteiger partial charge in [-0.05, 0) is 89.4 Å². The van der Waals surface area contributed by atoms with Crippen LogP contribution in [-0.4, -0.2) is 34.9 Å². The Morgan fingerprint density at radius 3 is 1.97 bits per heavy atom. The molecule has 270 valence electrons. The van der Waals surface area contributed by atoms with Crippen molar-refractivity contribution < 1.29 is 0 Å². The van der Waals surface area contributed by atoms with Gasteiger partial charge in [0.15, 0.2) is 0 Å². The van der Waals surface area contributed by atoms with E-state index < -0.39 is 0 Å². The van der Waals surface area contributed by atoms with Crippen molar-refractivity contribution >= 4 is 94.6 Å². The summed E-state index contributed by atoms with van der Waals surface area (Å²) in [6.45, 7) is 2.31. The fraction of sp³-hybridized carbons (Fsp3) is 0.0588. The van der Waals surface area contributed by atoms with Gasteiger partial charge in [0.25, 0.3) is 6.71 Å². The first-order valence-electron chi connectivity index (χ1n) is 20.3. The van der Waals surface area contributed by atoms with E-state index in [1.807, 2.05) is 18.5 Å². The normalized spacial score (nSPS) is 15.4. The molecule has 0 N–H and O–H groups in total. The lowest BCUT2D eigenvalue weighted by Gasteiger charge is -2.34. The Morgan fingerprint density at radius 2 is 1.24 bits per heavy atom. The average Bonchev–Trinajstić information content (AvgIpc) is 4.00. The largest absolute Gasteiger partial charge is 0.296 e. The first-order valence-corrected chi connectivity index (χ1v) is 20.3. The monoisotopic (exact) mass is 740 g/mol. The Morgan fingerprint density at radius 1 is 0.586 bits per heavy atom. The van der Waals surface area contributed by atoms with Crippen molar-refractivity contribution in [3.8, 4) is 28.3 Å². The van der Waals surface area contributed by atoms with Crippen LogP contribution in [0.3, 0.4) is 0 Å². The highest BCUT2D eigenvalue weighted by Crippen LogP contribution is 2.46. The van der Waals surface area contributed by atoms with Gasteiger partial charge in [-0.25, -0.2) is 4.98 Å². The van der Waals surface area contributed by atoms with E-state index in [2.05, 4.69) is 171 Å². The van der Waals surface area contributed by atoms with Crippen LogP contribution in [0.1, 0.15) is 13.3 Å². The third kappa shape index (κ3) is 3.70. The maximum atomic E-state index is 5.09. The van der Waals surface area contributed by atoms with Crippen molar-refractivity contribution in [1.82, 2.24) is 28.2 Å². The number of benzene rings is 5. The minimum atomic E-state index is 0.0251. The molecule has 0 spiro atoms. The third-order valence-corrected chi connectivity index (χ3v) is 13.2. The highest BCUT2D eigenvalue weighted by Gasteiger charge is 2.43. The van der Waals surface area contributed by atoms with Crippen LogP contribution in [0.5, 0.6) is 0 Å². The van der Waals surface area contributed by atoms with E-state index in [9.17, 15) is 0 Å². The zero-order valence-electron chi connectivity index (χ0n) is 31.6. The van der Waals surface area contributed by atoms with Gasteiger partial charge in [-0.2, -0.15) is 0 Å².